The topological polar surface area (TPSA) is 26.9 Å². The first-order chi connectivity index (χ1) is 8.06. The van der Waals surface area contributed by atoms with Crippen molar-refractivity contribution in [3.63, 3.8) is 0 Å². The summed E-state index contributed by atoms with van der Waals surface area (Å²) in [7, 11) is 1.83. The molecule has 2 rings (SSSR count). The normalized spacial score (nSPS) is 13.2. The van der Waals surface area contributed by atoms with Crippen LogP contribution < -0.4 is 5.69 Å². The lowest BCUT2D eigenvalue weighted by Gasteiger charge is -2.12. The number of hydrogen-bond donors (Lipinski definition) is 0. The van der Waals surface area contributed by atoms with Gasteiger partial charge in [-0.25, -0.2) is 4.79 Å². The summed E-state index contributed by atoms with van der Waals surface area (Å²) < 4.78 is 4.62. The maximum Gasteiger partial charge on any atom is 0.329 e. The Hall–Kier alpha value is -1.03. The smallest absolute Gasteiger partial charge is 0.295 e. The maximum atomic E-state index is 12.2. The Morgan fingerprint density at radius 2 is 2.06 bits per heavy atom. The fraction of sp³-hybridized carbons (Fsp3) is 0.462. The molecule has 1 unspecified atom stereocenters. The van der Waals surface area contributed by atoms with E-state index in [0.29, 0.717) is 0 Å². The Morgan fingerprint density at radius 1 is 1.35 bits per heavy atom. The van der Waals surface area contributed by atoms with E-state index in [9.17, 15) is 4.79 Å². The van der Waals surface area contributed by atoms with Gasteiger partial charge in [0.05, 0.1) is 11.0 Å². The highest BCUT2D eigenvalue weighted by molar-refractivity contribution is 9.10. The van der Waals surface area contributed by atoms with Gasteiger partial charge in [-0.3, -0.25) is 9.13 Å². The zero-order valence-electron chi connectivity index (χ0n) is 10.4. The lowest BCUT2D eigenvalue weighted by molar-refractivity contribution is 0.493. The molecule has 0 N–H and O–H groups in total. The molecular formula is C13H17BrN2O. The average molecular weight is 297 g/mol. The quantitative estimate of drug-likeness (QED) is 0.852. The summed E-state index contributed by atoms with van der Waals surface area (Å²) >= 11 is 3.46. The second-order valence-electron chi connectivity index (χ2n) is 4.48. The van der Waals surface area contributed by atoms with E-state index in [2.05, 4.69) is 29.8 Å². The van der Waals surface area contributed by atoms with Crippen molar-refractivity contribution in [2.24, 2.45) is 7.05 Å². The first kappa shape index (κ1) is 12.4. The minimum absolute atomic E-state index is 0.0686. The van der Waals surface area contributed by atoms with Gasteiger partial charge >= 0.3 is 5.69 Å². The summed E-state index contributed by atoms with van der Waals surface area (Å²) in [6.45, 7) is 4.24. The lowest BCUT2D eigenvalue weighted by Crippen LogP contribution is -2.24. The van der Waals surface area contributed by atoms with E-state index in [4.69, 9.17) is 0 Å². The van der Waals surface area contributed by atoms with Crippen molar-refractivity contribution in [1.82, 2.24) is 9.13 Å². The zero-order valence-corrected chi connectivity index (χ0v) is 12.0. The molecule has 4 heteroatoms. The number of halogens is 1. The summed E-state index contributed by atoms with van der Waals surface area (Å²) in [5.74, 6) is 0. The Labute approximate surface area is 109 Å². The largest absolute Gasteiger partial charge is 0.329 e. The van der Waals surface area contributed by atoms with Gasteiger partial charge in [0.25, 0.3) is 0 Å². The van der Waals surface area contributed by atoms with E-state index in [1.165, 1.54) is 0 Å². The highest BCUT2D eigenvalue weighted by Crippen LogP contribution is 2.22. The SMILES string of the molecule is CCCC(C)n1c(=O)n(C)c2ccc(Br)cc21. The second kappa shape index (κ2) is 4.69. The van der Waals surface area contributed by atoms with Crippen LogP contribution in [-0.4, -0.2) is 9.13 Å². The molecule has 0 amide bonds. The average Bonchev–Trinajstić information content (AvgIpc) is 2.51. The van der Waals surface area contributed by atoms with Gasteiger partial charge in [0.1, 0.15) is 0 Å². The van der Waals surface area contributed by atoms with Gasteiger partial charge in [0.2, 0.25) is 0 Å². The van der Waals surface area contributed by atoms with Gasteiger partial charge in [-0.15, -0.1) is 0 Å². The van der Waals surface area contributed by atoms with Crippen LogP contribution in [0.3, 0.4) is 0 Å². The van der Waals surface area contributed by atoms with Crippen LogP contribution in [0.1, 0.15) is 32.7 Å². The van der Waals surface area contributed by atoms with E-state index >= 15 is 0 Å². The van der Waals surface area contributed by atoms with Crippen LogP contribution in [0.15, 0.2) is 27.5 Å². The maximum absolute atomic E-state index is 12.2. The fourth-order valence-corrected chi connectivity index (χ4v) is 2.66. The summed E-state index contributed by atoms with van der Waals surface area (Å²) in [4.78, 5) is 12.2. The van der Waals surface area contributed by atoms with Crippen molar-refractivity contribution in [1.29, 1.82) is 0 Å². The van der Waals surface area contributed by atoms with Crippen molar-refractivity contribution in [2.75, 3.05) is 0 Å². The Morgan fingerprint density at radius 3 is 2.71 bits per heavy atom. The molecule has 0 saturated heterocycles. The molecule has 0 bridgehead atoms. The van der Waals surface area contributed by atoms with Crippen LogP contribution >= 0.6 is 15.9 Å². The number of fused-ring (bicyclic) bond motifs is 1. The summed E-state index contributed by atoms with van der Waals surface area (Å²) in [5.41, 5.74) is 2.06. The summed E-state index contributed by atoms with van der Waals surface area (Å²) in [6.07, 6.45) is 2.10. The third kappa shape index (κ3) is 2.06. The molecule has 0 fully saturated rings. The van der Waals surface area contributed by atoms with Crippen LogP contribution in [0.4, 0.5) is 0 Å². The Balaban J connectivity index is 2.73. The lowest BCUT2D eigenvalue weighted by atomic mass is 10.2. The molecule has 0 spiro atoms. The van der Waals surface area contributed by atoms with Crippen molar-refractivity contribution in [2.45, 2.75) is 32.7 Å². The Kier molecular flexibility index (Phi) is 3.43. The molecular weight excluding hydrogens is 280 g/mol. The van der Waals surface area contributed by atoms with Crippen LogP contribution in [-0.2, 0) is 7.05 Å². The molecule has 0 aliphatic heterocycles. The fourth-order valence-electron chi connectivity index (χ4n) is 2.31. The van der Waals surface area contributed by atoms with Gasteiger partial charge in [-0.1, -0.05) is 29.3 Å². The number of hydrogen-bond acceptors (Lipinski definition) is 1. The molecule has 1 heterocycles. The molecule has 0 aliphatic rings. The van der Waals surface area contributed by atoms with Gasteiger partial charge < -0.3 is 0 Å². The molecule has 1 aromatic heterocycles. The van der Waals surface area contributed by atoms with E-state index < -0.39 is 0 Å². The number of nitrogens with zero attached hydrogens (tertiary/aromatic N) is 2. The van der Waals surface area contributed by atoms with Crippen molar-refractivity contribution in [3.8, 4) is 0 Å². The summed E-state index contributed by atoms with van der Waals surface area (Å²) in [5, 5.41) is 0. The molecule has 2 aromatic rings. The number of rotatable bonds is 3. The first-order valence-electron chi connectivity index (χ1n) is 5.92. The third-order valence-electron chi connectivity index (χ3n) is 3.20. The number of aromatic nitrogens is 2. The standard InChI is InChI=1S/C13H17BrN2O/c1-4-5-9(2)16-12-8-10(14)6-7-11(12)15(3)13(16)17/h6-9H,4-5H2,1-3H3. The molecule has 1 atom stereocenters. The number of imidazole rings is 1. The second-order valence-corrected chi connectivity index (χ2v) is 5.40. The molecule has 0 aliphatic carbocycles. The van der Waals surface area contributed by atoms with E-state index in [-0.39, 0.29) is 11.7 Å². The molecule has 1 aromatic carbocycles. The molecule has 0 radical (unpaired) electrons. The van der Waals surface area contributed by atoms with Crippen LogP contribution in [0.5, 0.6) is 0 Å². The van der Waals surface area contributed by atoms with Crippen LogP contribution in [0.2, 0.25) is 0 Å². The van der Waals surface area contributed by atoms with Gasteiger partial charge in [0.15, 0.2) is 0 Å². The van der Waals surface area contributed by atoms with E-state index in [1.807, 2.05) is 29.8 Å². The minimum atomic E-state index is 0.0686. The predicted molar refractivity (Wildman–Crippen MR) is 74.5 cm³/mol. The molecule has 0 saturated carbocycles. The van der Waals surface area contributed by atoms with Gasteiger partial charge in [0, 0.05) is 17.6 Å². The van der Waals surface area contributed by atoms with Crippen LogP contribution in [0.25, 0.3) is 11.0 Å². The Bertz CT molecular complexity index is 597. The highest BCUT2D eigenvalue weighted by atomic mass is 79.9. The minimum Gasteiger partial charge on any atom is -0.295 e. The third-order valence-corrected chi connectivity index (χ3v) is 3.69. The monoisotopic (exact) mass is 296 g/mol. The molecule has 92 valence electrons. The van der Waals surface area contributed by atoms with E-state index in [0.717, 1.165) is 28.3 Å². The van der Waals surface area contributed by atoms with Crippen molar-refractivity contribution < 1.29 is 0 Å². The zero-order chi connectivity index (χ0) is 12.6. The summed E-state index contributed by atoms with van der Waals surface area (Å²) in [6, 6.07) is 6.21. The predicted octanol–water partition coefficient (Wildman–Crippen LogP) is 3.46. The van der Waals surface area contributed by atoms with Gasteiger partial charge in [-0.2, -0.15) is 0 Å². The van der Waals surface area contributed by atoms with Gasteiger partial charge in [-0.05, 0) is 31.5 Å². The van der Waals surface area contributed by atoms with E-state index in [1.54, 1.807) is 4.57 Å². The number of aryl methyl sites for hydroxylation is 1. The highest BCUT2D eigenvalue weighted by Gasteiger charge is 2.15. The molecule has 3 nitrogen and oxygen atoms in total. The van der Waals surface area contributed by atoms with Crippen LogP contribution in [0, 0.1) is 0 Å². The van der Waals surface area contributed by atoms with Crippen molar-refractivity contribution >= 4 is 27.0 Å². The first-order valence-corrected chi connectivity index (χ1v) is 6.72. The van der Waals surface area contributed by atoms with Crippen molar-refractivity contribution in [3.05, 3.63) is 33.2 Å². The number of benzene rings is 1. The molecule has 17 heavy (non-hydrogen) atoms.